The monoisotopic (exact) mass is 161 g/mol. The highest BCUT2D eigenvalue weighted by atomic mass is 16.7. The Labute approximate surface area is 71.8 Å². The molecule has 2 heteroatoms. The molecule has 0 aromatic heterocycles. The molecular weight excluding hydrogens is 150 g/mol. The molecule has 1 aromatic carbocycles. The minimum Gasteiger partial charge on any atom is -0.274 e. The van der Waals surface area contributed by atoms with Crippen molar-refractivity contribution < 1.29 is 4.84 Å². The van der Waals surface area contributed by atoms with E-state index in [0.717, 1.165) is 0 Å². The fourth-order valence-corrected chi connectivity index (χ4v) is 1.35. The third-order valence-corrected chi connectivity index (χ3v) is 2.03. The molecule has 1 aromatic rings. The Balaban J connectivity index is 2.33. The molecule has 0 saturated heterocycles. The van der Waals surface area contributed by atoms with E-state index < -0.39 is 0 Å². The first kappa shape index (κ1) is 7.37. The Hall–Kier alpha value is -1.28. The molecule has 0 amide bonds. The van der Waals surface area contributed by atoms with Crippen molar-refractivity contribution in [2.75, 3.05) is 0 Å². The predicted molar refractivity (Wildman–Crippen MR) is 47.3 cm³/mol. The maximum absolute atomic E-state index is 5.26. The van der Waals surface area contributed by atoms with Gasteiger partial charge in [0.2, 0.25) is 0 Å². The number of hydrogen-bond acceptors (Lipinski definition) is 2. The van der Waals surface area contributed by atoms with Crippen molar-refractivity contribution in [3.05, 3.63) is 47.7 Å². The number of benzene rings is 1. The van der Waals surface area contributed by atoms with E-state index in [2.05, 4.69) is 24.5 Å². The molecule has 1 aliphatic heterocycles. The molecule has 12 heavy (non-hydrogen) atoms. The smallest absolute Gasteiger partial charge is 0.130 e. The summed E-state index contributed by atoms with van der Waals surface area (Å²) in [6, 6.07) is 8.23. The first-order valence-electron chi connectivity index (χ1n) is 4.01. The van der Waals surface area contributed by atoms with Gasteiger partial charge in [-0.05, 0) is 24.1 Å². The van der Waals surface area contributed by atoms with Crippen molar-refractivity contribution in [2.45, 2.75) is 13.0 Å². The van der Waals surface area contributed by atoms with Gasteiger partial charge in [0, 0.05) is 6.20 Å². The van der Waals surface area contributed by atoms with Gasteiger partial charge >= 0.3 is 0 Å². The Kier molecular flexibility index (Phi) is 1.84. The molecule has 2 nitrogen and oxygen atoms in total. The Morgan fingerprint density at radius 2 is 2.17 bits per heavy atom. The highest BCUT2D eigenvalue weighted by Gasteiger charge is 2.13. The van der Waals surface area contributed by atoms with Crippen LogP contribution in [0.4, 0.5) is 0 Å². The van der Waals surface area contributed by atoms with E-state index in [0.29, 0.717) is 0 Å². The SMILES string of the molecule is Cc1ccccc1C1C=CNO1. The van der Waals surface area contributed by atoms with Crippen LogP contribution in [0.2, 0.25) is 0 Å². The molecule has 1 heterocycles. The highest BCUT2D eigenvalue weighted by molar-refractivity contribution is 5.30. The summed E-state index contributed by atoms with van der Waals surface area (Å²) < 4.78 is 0. The Morgan fingerprint density at radius 1 is 1.33 bits per heavy atom. The molecule has 0 saturated carbocycles. The third-order valence-electron chi connectivity index (χ3n) is 2.03. The van der Waals surface area contributed by atoms with Crippen molar-refractivity contribution >= 4 is 0 Å². The highest BCUT2D eigenvalue weighted by Crippen LogP contribution is 2.23. The van der Waals surface area contributed by atoms with Gasteiger partial charge in [-0.25, -0.2) is 0 Å². The molecule has 0 fully saturated rings. The standard InChI is InChI=1S/C10H11NO/c1-8-4-2-3-5-9(8)10-6-7-11-12-10/h2-7,10-11H,1H3. The summed E-state index contributed by atoms with van der Waals surface area (Å²) in [6.07, 6.45) is 3.89. The molecule has 0 radical (unpaired) electrons. The van der Waals surface area contributed by atoms with Crippen LogP contribution in [-0.4, -0.2) is 0 Å². The van der Waals surface area contributed by atoms with Crippen molar-refractivity contribution in [1.29, 1.82) is 0 Å². The van der Waals surface area contributed by atoms with Crippen LogP contribution in [0.5, 0.6) is 0 Å². The van der Waals surface area contributed by atoms with E-state index in [-0.39, 0.29) is 6.10 Å². The molecular formula is C10H11NO. The van der Waals surface area contributed by atoms with Crippen molar-refractivity contribution in [3.8, 4) is 0 Å². The van der Waals surface area contributed by atoms with E-state index in [1.54, 1.807) is 0 Å². The van der Waals surface area contributed by atoms with Gasteiger partial charge in [-0.1, -0.05) is 24.3 Å². The van der Waals surface area contributed by atoms with Crippen LogP contribution >= 0.6 is 0 Å². The second-order valence-electron chi connectivity index (χ2n) is 2.87. The Bertz CT molecular complexity index is 306. The molecule has 0 aliphatic carbocycles. The van der Waals surface area contributed by atoms with Crippen molar-refractivity contribution in [2.24, 2.45) is 0 Å². The van der Waals surface area contributed by atoms with Crippen LogP contribution in [0.25, 0.3) is 0 Å². The van der Waals surface area contributed by atoms with E-state index in [1.165, 1.54) is 11.1 Å². The Morgan fingerprint density at radius 3 is 2.83 bits per heavy atom. The lowest BCUT2D eigenvalue weighted by atomic mass is 10.0. The fourth-order valence-electron chi connectivity index (χ4n) is 1.35. The summed E-state index contributed by atoms with van der Waals surface area (Å²) in [5.74, 6) is 0. The third kappa shape index (κ3) is 1.21. The van der Waals surface area contributed by atoms with E-state index in [9.17, 15) is 0 Å². The quantitative estimate of drug-likeness (QED) is 0.681. The largest absolute Gasteiger partial charge is 0.274 e. The van der Waals surface area contributed by atoms with Gasteiger partial charge in [-0.2, -0.15) is 0 Å². The van der Waals surface area contributed by atoms with Crippen molar-refractivity contribution in [3.63, 3.8) is 0 Å². The van der Waals surface area contributed by atoms with Crippen LogP contribution < -0.4 is 5.48 Å². The molecule has 1 N–H and O–H groups in total. The average molecular weight is 161 g/mol. The van der Waals surface area contributed by atoms with Crippen LogP contribution in [0.3, 0.4) is 0 Å². The normalized spacial score (nSPS) is 20.9. The van der Waals surface area contributed by atoms with Gasteiger partial charge < -0.3 is 0 Å². The fraction of sp³-hybridized carbons (Fsp3) is 0.200. The van der Waals surface area contributed by atoms with Gasteiger partial charge in [0.05, 0.1) is 0 Å². The molecule has 1 atom stereocenters. The minimum atomic E-state index is 0.0752. The summed E-state index contributed by atoms with van der Waals surface area (Å²) in [5.41, 5.74) is 5.20. The van der Waals surface area contributed by atoms with Gasteiger partial charge in [0.25, 0.3) is 0 Å². The first-order chi connectivity index (χ1) is 5.88. The molecule has 62 valence electrons. The molecule has 1 unspecified atom stereocenters. The minimum absolute atomic E-state index is 0.0752. The molecule has 2 rings (SSSR count). The second-order valence-corrected chi connectivity index (χ2v) is 2.87. The number of hydrogen-bond donors (Lipinski definition) is 1. The zero-order valence-corrected chi connectivity index (χ0v) is 6.95. The molecule has 0 bridgehead atoms. The summed E-state index contributed by atoms with van der Waals surface area (Å²) in [5, 5.41) is 0. The predicted octanol–water partition coefficient (Wildman–Crippen LogP) is 2.08. The summed E-state index contributed by atoms with van der Waals surface area (Å²) >= 11 is 0. The van der Waals surface area contributed by atoms with Gasteiger partial charge in [-0.3, -0.25) is 10.3 Å². The number of aryl methyl sites for hydroxylation is 1. The maximum atomic E-state index is 5.26. The van der Waals surface area contributed by atoms with Crippen LogP contribution in [-0.2, 0) is 4.84 Å². The summed E-state index contributed by atoms with van der Waals surface area (Å²) in [4.78, 5) is 5.26. The topological polar surface area (TPSA) is 21.3 Å². The summed E-state index contributed by atoms with van der Waals surface area (Å²) in [7, 11) is 0. The lowest BCUT2D eigenvalue weighted by Gasteiger charge is -2.09. The zero-order chi connectivity index (χ0) is 8.39. The number of nitrogens with one attached hydrogen (secondary N) is 1. The van der Waals surface area contributed by atoms with E-state index in [4.69, 9.17) is 4.84 Å². The molecule has 1 aliphatic rings. The number of rotatable bonds is 1. The van der Waals surface area contributed by atoms with Crippen LogP contribution in [0, 0.1) is 6.92 Å². The van der Waals surface area contributed by atoms with Gasteiger partial charge in [0.15, 0.2) is 0 Å². The lowest BCUT2D eigenvalue weighted by Crippen LogP contribution is -2.04. The zero-order valence-electron chi connectivity index (χ0n) is 6.95. The van der Waals surface area contributed by atoms with Gasteiger partial charge in [-0.15, -0.1) is 0 Å². The first-order valence-corrected chi connectivity index (χ1v) is 4.01. The van der Waals surface area contributed by atoms with E-state index in [1.807, 2.05) is 24.4 Å². The average Bonchev–Trinajstić information content (AvgIpc) is 2.57. The van der Waals surface area contributed by atoms with E-state index >= 15 is 0 Å². The summed E-state index contributed by atoms with van der Waals surface area (Å²) in [6.45, 7) is 2.09. The second kappa shape index (κ2) is 2.99. The lowest BCUT2D eigenvalue weighted by molar-refractivity contribution is 0.0467. The van der Waals surface area contributed by atoms with Crippen molar-refractivity contribution in [1.82, 2.24) is 5.48 Å². The van der Waals surface area contributed by atoms with Crippen LogP contribution in [0.1, 0.15) is 17.2 Å². The molecule has 0 spiro atoms. The number of hydroxylamine groups is 1. The maximum Gasteiger partial charge on any atom is 0.130 e. The van der Waals surface area contributed by atoms with Crippen LogP contribution in [0.15, 0.2) is 36.5 Å². The van der Waals surface area contributed by atoms with Gasteiger partial charge in [0.1, 0.15) is 6.10 Å².